The van der Waals surface area contributed by atoms with Crippen LogP contribution in [0.25, 0.3) is 11.0 Å². The Morgan fingerprint density at radius 2 is 2.31 bits per heavy atom. The molecule has 0 spiro atoms. The molecule has 1 heterocycles. The molecule has 1 amide bonds. The summed E-state index contributed by atoms with van der Waals surface area (Å²) in [6.45, 7) is 0.550. The van der Waals surface area contributed by atoms with E-state index in [1.165, 1.54) is 0 Å². The SMILES string of the molecule is CN(Cc1ccc2c(c1)ncn2C)C(=O)S. The van der Waals surface area contributed by atoms with Gasteiger partial charge in [-0.3, -0.25) is 4.79 Å². The van der Waals surface area contributed by atoms with Crippen molar-refractivity contribution in [2.75, 3.05) is 7.05 Å². The minimum Gasteiger partial charge on any atom is -0.334 e. The molecule has 2 rings (SSSR count). The van der Waals surface area contributed by atoms with Crippen LogP contribution in [-0.4, -0.2) is 26.7 Å². The van der Waals surface area contributed by atoms with E-state index in [-0.39, 0.29) is 5.24 Å². The van der Waals surface area contributed by atoms with E-state index < -0.39 is 0 Å². The Labute approximate surface area is 99.3 Å². The van der Waals surface area contributed by atoms with Crippen LogP contribution in [0.1, 0.15) is 5.56 Å². The van der Waals surface area contributed by atoms with Gasteiger partial charge >= 0.3 is 0 Å². The summed E-state index contributed by atoms with van der Waals surface area (Å²) in [5, 5.41) is -0.235. The van der Waals surface area contributed by atoms with Crippen molar-refractivity contribution in [1.29, 1.82) is 0 Å². The highest BCUT2D eigenvalue weighted by Crippen LogP contribution is 2.15. The van der Waals surface area contributed by atoms with Gasteiger partial charge in [0.1, 0.15) is 0 Å². The van der Waals surface area contributed by atoms with Crippen molar-refractivity contribution < 1.29 is 4.79 Å². The first kappa shape index (κ1) is 11.0. The fourth-order valence-electron chi connectivity index (χ4n) is 1.62. The average Bonchev–Trinajstić information content (AvgIpc) is 2.60. The Bertz CT molecular complexity index is 535. The van der Waals surface area contributed by atoms with E-state index in [9.17, 15) is 4.79 Å². The van der Waals surface area contributed by atoms with Gasteiger partial charge in [-0.05, 0) is 17.7 Å². The molecule has 0 radical (unpaired) electrons. The normalized spacial score (nSPS) is 10.7. The maximum Gasteiger partial charge on any atom is 0.278 e. The minimum atomic E-state index is -0.235. The molecule has 0 saturated carbocycles. The van der Waals surface area contributed by atoms with Crippen molar-refractivity contribution in [3.63, 3.8) is 0 Å². The van der Waals surface area contributed by atoms with Gasteiger partial charge in [-0.1, -0.05) is 18.7 Å². The molecule has 1 aromatic carbocycles. The number of thiol groups is 1. The number of nitrogens with zero attached hydrogens (tertiary/aromatic N) is 3. The standard InChI is InChI=1S/C11H13N3OS/c1-13(11(15)16)6-8-3-4-10-9(5-8)12-7-14(10)2/h3-5,7H,6H2,1-2H3,(H,15,16). The molecule has 4 nitrogen and oxygen atoms in total. The Kier molecular flexibility index (Phi) is 2.87. The van der Waals surface area contributed by atoms with E-state index in [0.717, 1.165) is 16.6 Å². The number of aromatic nitrogens is 2. The molecule has 0 unspecified atom stereocenters. The summed E-state index contributed by atoms with van der Waals surface area (Å²) in [4.78, 5) is 16.8. The fraction of sp³-hybridized carbons (Fsp3) is 0.273. The second-order valence-corrected chi connectivity index (χ2v) is 4.20. The van der Waals surface area contributed by atoms with Crippen LogP contribution in [0.15, 0.2) is 24.5 Å². The molecule has 0 aliphatic rings. The molecule has 0 aliphatic heterocycles. The zero-order chi connectivity index (χ0) is 11.7. The van der Waals surface area contributed by atoms with Gasteiger partial charge < -0.3 is 9.47 Å². The molecule has 2 aromatic rings. The molecule has 0 N–H and O–H groups in total. The first-order valence-electron chi connectivity index (χ1n) is 4.92. The van der Waals surface area contributed by atoms with E-state index in [4.69, 9.17) is 0 Å². The molecule has 5 heteroatoms. The number of fused-ring (bicyclic) bond motifs is 1. The Hall–Kier alpha value is -1.49. The Morgan fingerprint density at radius 3 is 3.00 bits per heavy atom. The lowest BCUT2D eigenvalue weighted by atomic mass is 10.2. The summed E-state index contributed by atoms with van der Waals surface area (Å²) in [6.07, 6.45) is 1.78. The number of rotatable bonds is 2. The predicted molar refractivity (Wildman–Crippen MR) is 66.6 cm³/mol. The zero-order valence-electron chi connectivity index (χ0n) is 9.21. The third-order valence-electron chi connectivity index (χ3n) is 2.54. The van der Waals surface area contributed by atoms with Crippen LogP contribution in [0.4, 0.5) is 4.79 Å². The minimum absolute atomic E-state index is 0.235. The van der Waals surface area contributed by atoms with Gasteiger partial charge in [0.15, 0.2) is 0 Å². The summed E-state index contributed by atoms with van der Waals surface area (Å²) in [6, 6.07) is 5.99. The molecule has 84 valence electrons. The van der Waals surface area contributed by atoms with Gasteiger partial charge in [-0.15, -0.1) is 0 Å². The highest BCUT2D eigenvalue weighted by molar-refractivity contribution is 7.96. The molecule has 1 aromatic heterocycles. The van der Waals surface area contributed by atoms with Crippen LogP contribution in [0.2, 0.25) is 0 Å². The monoisotopic (exact) mass is 235 g/mol. The molecule has 0 saturated heterocycles. The number of amides is 1. The van der Waals surface area contributed by atoms with Gasteiger partial charge in [0.05, 0.1) is 17.4 Å². The van der Waals surface area contributed by atoms with Crippen molar-refractivity contribution in [3.8, 4) is 0 Å². The van der Waals surface area contributed by atoms with Gasteiger partial charge in [0, 0.05) is 20.6 Å². The van der Waals surface area contributed by atoms with Gasteiger partial charge in [-0.2, -0.15) is 0 Å². The second kappa shape index (κ2) is 4.17. The van der Waals surface area contributed by atoms with Gasteiger partial charge in [-0.25, -0.2) is 4.98 Å². The molecule has 0 atom stereocenters. The molecule has 0 aliphatic carbocycles. The molecule has 0 fully saturated rings. The van der Waals surface area contributed by atoms with Crippen molar-refractivity contribution in [1.82, 2.24) is 14.5 Å². The third-order valence-corrected chi connectivity index (χ3v) is 2.88. The van der Waals surface area contributed by atoms with Gasteiger partial charge in [0.25, 0.3) is 5.24 Å². The summed E-state index contributed by atoms with van der Waals surface area (Å²) in [5.74, 6) is 0. The number of hydrogen-bond donors (Lipinski definition) is 1. The lowest BCUT2D eigenvalue weighted by Crippen LogP contribution is -2.20. The van der Waals surface area contributed by atoms with Crippen LogP contribution in [0.3, 0.4) is 0 Å². The number of aryl methyl sites for hydroxylation is 1. The number of imidazole rings is 1. The van der Waals surface area contributed by atoms with Crippen LogP contribution in [0, 0.1) is 0 Å². The van der Waals surface area contributed by atoms with E-state index >= 15 is 0 Å². The van der Waals surface area contributed by atoms with Crippen LogP contribution in [-0.2, 0) is 13.6 Å². The first-order chi connectivity index (χ1) is 7.58. The molecule has 0 bridgehead atoms. The smallest absolute Gasteiger partial charge is 0.278 e. The Morgan fingerprint density at radius 1 is 1.56 bits per heavy atom. The van der Waals surface area contributed by atoms with E-state index in [1.54, 1.807) is 18.3 Å². The lowest BCUT2D eigenvalue weighted by Gasteiger charge is -2.13. The fourth-order valence-corrected chi connectivity index (χ4v) is 1.69. The average molecular weight is 235 g/mol. The van der Waals surface area contributed by atoms with E-state index in [1.807, 2.05) is 29.8 Å². The maximum absolute atomic E-state index is 11.0. The van der Waals surface area contributed by atoms with Crippen LogP contribution >= 0.6 is 12.6 Å². The highest BCUT2D eigenvalue weighted by Gasteiger charge is 2.06. The number of benzene rings is 1. The van der Waals surface area contributed by atoms with Crippen LogP contribution < -0.4 is 0 Å². The number of carbonyl (C=O) groups excluding carboxylic acids is 1. The first-order valence-corrected chi connectivity index (χ1v) is 5.36. The van der Waals surface area contributed by atoms with Crippen LogP contribution in [0.5, 0.6) is 0 Å². The molecular weight excluding hydrogens is 222 g/mol. The topological polar surface area (TPSA) is 38.1 Å². The largest absolute Gasteiger partial charge is 0.334 e. The maximum atomic E-state index is 11.0. The predicted octanol–water partition coefficient (Wildman–Crippen LogP) is 2.05. The van der Waals surface area contributed by atoms with E-state index in [2.05, 4.69) is 17.6 Å². The second-order valence-electron chi connectivity index (χ2n) is 3.82. The molecule has 16 heavy (non-hydrogen) atoms. The highest BCUT2D eigenvalue weighted by atomic mass is 32.1. The van der Waals surface area contributed by atoms with Crippen molar-refractivity contribution in [3.05, 3.63) is 30.1 Å². The Balaban J connectivity index is 2.29. The van der Waals surface area contributed by atoms with Crippen molar-refractivity contribution in [2.24, 2.45) is 7.05 Å². The summed E-state index contributed by atoms with van der Waals surface area (Å²) < 4.78 is 1.96. The quantitative estimate of drug-likeness (QED) is 0.809. The lowest BCUT2D eigenvalue weighted by molar-refractivity contribution is 0.232. The third kappa shape index (κ3) is 2.04. The summed E-state index contributed by atoms with van der Waals surface area (Å²) in [7, 11) is 3.68. The van der Waals surface area contributed by atoms with Crippen molar-refractivity contribution >= 4 is 28.9 Å². The number of carbonyl (C=O) groups is 1. The molecular formula is C11H13N3OS. The van der Waals surface area contributed by atoms with Crippen molar-refractivity contribution in [2.45, 2.75) is 6.54 Å². The summed E-state index contributed by atoms with van der Waals surface area (Å²) in [5.41, 5.74) is 3.08. The van der Waals surface area contributed by atoms with Gasteiger partial charge in [0.2, 0.25) is 0 Å². The zero-order valence-corrected chi connectivity index (χ0v) is 10.1. The number of hydrogen-bond acceptors (Lipinski definition) is 2. The summed E-state index contributed by atoms with van der Waals surface area (Å²) >= 11 is 3.77. The van der Waals surface area contributed by atoms with E-state index in [0.29, 0.717) is 6.54 Å².